The summed E-state index contributed by atoms with van der Waals surface area (Å²) in [5, 5.41) is 2.03. The van der Waals surface area contributed by atoms with Gasteiger partial charge in [-0.05, 0) is 29.7 Å². The van der Waals surface area contributed by atoms with E-state index in [1.165, 1.54) is 12.1 Å². The van der Waals surface area contributed by atoms with Crippen LogP contribution in [-0.4, -0.2) is 5.88 Å². The fourth-order valence-electron chi connectivity index (χ4n) is 1.08. The molecule has 0 saturated heterocycles. The van der Waals surface area contributed by atoms with Crippen LogP contribution in [-0.2, 0) is 0 Å². The largest absolute Gasteiger partial charge is 0.337 e. The van der Waals surface area contributed by atoms with Crippen molar-refractivity contribution in [3.63, 3.8) is 0 Å². The molecule has 0 aliphatic carbocycles. The molecule has 0 amide bonds. The number of benzene rings is 1. The maximum absolute atomic E-state index is 12.5. The Morgan fingerprint density at radius 1 is 1.25 bits per heavy atom. The zero-order valence-electron chi connectivity index (χ0n) is 6.40. The minimum Gasteiger partial charge on any atom is -0.337 e. The van der Waals surface area contributed by atoms with E-state index in [2.05, 4.69) is 4.90 Å². The van der Waals surface area contributed by atoms with Gasteiger partial charge in [-0.25, -0.2) is 4.39 Å². The lowest BCUT2D eigenvalue weighted by Gasteiger charge is -2.13. The van der Waals surface area contributed by atoms with E-state index < -0.39 is 0 Å². The topological polar surface area (TPSA) is 3.24 Å². The molecule has 1 aliphatic rings. The minimum atomic E-state index is -0.186. The SMILES string of the molecule is Fc1ccc(N2C=CSC2)cc1. The molecule has 1 aromatic carbocycles. The van der Waals surface area contributed by atoms with Crippen LogP contribution in [0.15, 0.2) is 35.9 Å². The monoisotopic (exact) mass is 181 g/mol. The first-order valence-corrected chi connectivity index (χ1v) is 4.71. The fourth-order valence-corrected chi connectivity index (χ4v) is 1.79. The number of nitrogens with zero attached hydrogens (tertiary/aromatic N) is 1. The molecule has 0 saturated carbocycles. The predicted octanol–water partition coefficient (Wildman–Crippen LogP) is 2.81. The molecule has 12 heavy (non-hydrogen) atoms. The van der Waals surface area contributed by atoms with E-state index in [1.54, 1.807) is 23.9 Å². The van der Waals surface area contributed by atoms with Gasteiger partial charge >= 0.3 is 0 Å². The molecule has 0 unspecified atom stereocenters. The number of rotatable bonds is 1. The molecule has 0 N–H and O–H groups in total. The molecular formula is C9H8FNS. The molecule has 0 fully saturated rings. The summed E-state index contributed by atoms with van der Waals surface area (Å²) in [6, 6.07) is 6.52. The molecule has 1 heterocycles. The Kier molecular flexibility index (Phi) is 2.04. The second kappa shape index (κ2) is 3.19. The summed E-state index contributed by atoms with van der Waals surface area (Å²) in [5.41, 5.74) is 1.04. The van der Waals surface area contributed by atoms with Crippen LogP contribution >= 0.6 is 11.8 Å². The molecular weight excluding hydrogens is 173 g/mol. The van der Waals surface area contributed by atoms with E-state index in [0.717, 1.165) is 11.6 Å². The van der Waals surface area contributed by atoms with Gasteiger partial charge in [0, 0.05) is 11.9 Å². The zero-order chi connectivity index (χ0) is 8.39. The highest BCUT2D eigenvalue weighted by atomic mass is 32.2. The quantitative estimate of drug-likeness (QED) is 0.655. The van der Waals surface area contributed by atoms with Gasteiger partial charge < -0.3 is 4.90 Å². The number of thioether (sulfide) groups is 1. The average Bonchev–Trinajstić information content (AvgIpc) is 2.58. The number of anilines is 1. The van der Waals surface area contributed by atoms with Gasteiger partial charge in [-0.2, -0.15) is 0 Å². The van der Waals surface area contributed by atoms with Crippen molar-refractivity contribution in [1.29, 1.82) is 0 Å². The minimum absolute atomic E-state index is 0.186. The Balaban J connectivity index is 2.23. The van der Waals surface area contributed by atoms with Crippen LogP contribution in [0.3, 0.4) is 0 Å². The third-order valence-electron chi connectivity index (χ3n) is 1.71. The standard InChI is InChI=1S/C9H8FNS/c10-8-1-3-9(4-2-8)11-5-6-12-7-11/h1-6H,7H2. The van der Waals surface area contributed by atoms with Crippen LogP contribution in [0.2, 0.25) is 0 Å². The summed E-state index contributed by atoms with van der Waals surface area (Å²) < 4.78 is 12.5. The summed E-state index contributed by atoms with van der Waals surface area (Å²) in [7, 11) is 0. The average molecular weight is 181 g/mol. The first-order valence-electron chi connectivity index (χ1n) is 3.67. The number of hydrogen-bond acceptors (Lipinski definition) is 2. The lowest BCUT2D eigenvalue weighted by Crippen LogP contribution is -2.10. The number of hydrogen-bond donors (Lipinski definition) is 0. The summed E-state index contributed by atoms with van der Waals surface area (Å²) in [6.07, 6.45) is 2.00. The van der Waals surface area contributed by atoms with Gasteiger partial charge in [0.05, 0.1) is 5.88 Å². The molecule has 0 radical (unpaired) electrons. The molecule has 1 nitrogen and oxygen atoms in total. The summed E-state index contributed by atoms with van der Waals surface area (Å²) >= 11 is 1.73. The summed E-state index contributed by atoms with van der Waals surface area (Å²) in [4.78, 5) is 2.07. The Hall–Kier alpha value is -0.960. The first-order chi connectivity index (χ1) is 5.86. The van der Waals surface area contributed by atoms with Crippen molar-refractivity contribution in [1.82, 2.24) is 0 Å². The van der Waals surface area contributed by atoms with Gasteiger partial charge in [0.2, 0.25) is 0 Å². The van der Waals surface area contributed by atoms with Gasteiger partial charge in [0.25, 0.3) is 0 Å². The molecule has 1 aliphatic heterocycles. The van der Waals surface area contributed by atoms with E-state index in [0.29, 0.717) is 0 Å². The summed E-state index contributed by atoms with van der Waals surface area (Å²) in [5.74, 6) is 0.737. The molecule has 0 bridgehead atoms. The Bertz CT molecular complexity index is 294. The van der Waals surface area contributed by atoms with E-state index in [4.69, 9.17) is 0 Å². The van der Waals surface area contributed by atoms with Crippen molar-refractivity contribution in [2.24, 2.45) is 0 Å². The number of halogens is 1. The first kappa shape index (κ1) is 7.68. The van der Waals surface area contributed by atoms with Crippen molar-refractivity contribution in [2.75, 3.05) is 10.8 Å². The third kappa shape index (κ3) is 1.46. The Labute approximate surface area is 74.9 Å². The Morgan fingerprint density at radius 3 is 2.58 bits per heavy atom. The van der Waals surface area contributed by atoms with Crippen molar-refractivity contribution >= 4 is 17.4 Å². The fraction of sp³-hybridized carbons (Fsp3) is 0.111. The second-order valence-corrected chi connectivity index (χ2v) is 3.39. The van der Waals surface area contributed by atoms with Crippen LogP contribution in [0.4, 0.5) is 10.1 Å². The second-order valence-electron chi connectivity index (χ2n) is 2.53. The Morgan fingerprint density at radius 2 is 2.00 bits per heavy atom. The van der Waals surface area contributed by atoms with Gasteiger partial charge in [0.15, 0.2) is 0 Å². The van der Waals surface area contributed by atoms with Gasteiger partial charge in [0.1, 0.15) is 5.82 Å². The lowest BCUT2D eigenvalue weighted by molar-refractivity contribution is 0.628. The van der Waals surface area contributed by atoms with Crippen molar-refractivity contribution in [3.05, 3.63) is 41.7 Å². The highest BCUT2D eigenvalue weighted by Crippen LogP contribution is 2.23. The van der Waals surface area contributed by atoms with Crippen LogP contribution in [0, 0.1) is 5.82 Å². The van der Waals surface area contributed by atoms with Crippen molar-refractivity contribution in [2.45, 2.75) is 0 Å². The van der Waals surface area contributed by atoms with Gasteiger partial charge in [-0.3, -0.25) is 0 Å². The highest BCUT2D eigenvalue weighted by Gasteiger charge is 2.06. The van der Waals surface area contributed by atoms with Crippen LogP contribution in [0.5, 0.6) is 0 Å². The zero-order valence-corrected chi connectivity index (χ0v) is 7.22. The molecule has 3 heteroatoms. The van der Waals surface area contributed by atoms with Crippen LogP contribution in [0.1, 0.15) is 0 Å². The van der Waals surface area contributed by atoms with E-state index >= 15 is 0 Å². The lowest BCUT2D eigenvalue weighted by atomic mass is 10.3. The molecule has 0 atom stereocenters. The summed E-state index contributed by atoms with van der Waals surface area (Å²) in [6.45, 7) is 0. The van der Waals surface area contributed by atoms with E-state index in [9.17, 15) is 4.39 Å². The maximum Gasteiger partial charge on any atom is 0.123 e. The third-order valence-corrected chi connectivity index (χ3v) is 2.45. The van der Waals surface area contributed by atoms with Crippen molar-refractivity contribution < 1.29 is 4.39 Å². The van der Waals surface area contributed by atoms with Crippen LogP contribution < -0.4 is 4.90 Å². The smallest absolute Gasteiger partial charge is 0.123 e. The molecule has 2 rings (SSSR count). The normalized spacial score (nSPS) is 15.6. The van der Waals surface area contributed by atoms with E-state index in [1.807, 2.05) is 11.6 Å². The molecule has 62 valence electrons. The maximum atomic E-state index is 12.5. The van der Waals surface area contributed by atoms with E-state index in [-0.39, 0.29) is 5.82 Å². The molecule has 0 aromatic heterocycles. The highest BCUT2D eigenvalue weighted by molar-refractivity contribution is 8.02. The van der Waals surface area contributed by atoms with Gasteiger partial charge in [-0.15, -0.1) is 11.8 Å². The van der Waals surface area contributed by atoms with Crippen LogP contribution in [0.25, 0.3) is 0 Å². The molecule has 1 aromatic rings. The molecule has 0 spiro atoms. The predicted molar refractivity (Wildman–Crippen MR) is 50.5 cm³/mol. The van der Waals surface area contributed by atoms with Crippen molar-refractivity contribution in [3.8, 4) is 0 Å². The van der Waals surface area contributed by atoms with Gasteiger partial charge in [-0.1, -0.05) is 0 Å².